The topological polar surface area (TPSA) is 38.3 Å². The fraction of sp³-hybridized carbons (Fsp3) is 0.188. The van der Waals surface area contributed by atoms with Crippen molar-refractivity contribution >= 4 is 5.91 Å². The van der Waals surface area contributed by atoms with E-state index in [1.165, 1.54) is 12.1 Å². The monoisotopic (exact) mass is 271 g/mol. The number of rotatable bonds is 3. The maximum atomic E-state index is 12.8. The number of carbonyl (C=O) groups excluding carboxylic acids is 1. The summed E-state index contributed by atoms with van der Waals surface area (Å²) in [6.45, 7) is 0.370. The third kappa shape index (κ3) is 2.64. The van der Waals surface area contributed by atoms with Gasteiger partial charge in [-0.1, -0.05) is 30.3 Å². The van der Waals surface area contributed by atoms with Gasteiger partial charge in [-0.25, -0.2) is 4.39 Å². The van der Waals surface area contributed by atoms with E-state index in [-0.39, 0.29) is 11.7 Å². The summed E-state index contributed by atoms with van der Waals surface area (Å²) in [5, 5.41) is 2.81. The molecule has 1 heterocycles. The highest BCUT2D eigenvalue weighted by molar-refractivity contribution is 5.82. The number of carbonyl (C=O) groups is 1. The quantitative estimate of drug-likeness (QED) is 0.931. The molecule has 2 aromatic carbocycles. The second-order valence-corrected chi connectivity index (χ2v) is 4.76. The number of amides is 1. The molecule has 0 radical (unpaired) electrons. The van der Waals surface area contributed by atoms with E-state index in [0.717, 1.165) is 16.9 Å². The van der Waals surface area contributed by atoms with Gasteiger partial charge in [0.15, 0.2) is 6.10 Å². The molecule has 20 heavy (non-hydrogen) atoms. The zero-order valence-corrected chi connectivity index (χ0v) is 10.8. The number of hydrogen-bond acceptors (Lipinski definition) is 2. The highest BCUT2D eigenvalue weighted by atomic mass is 19.1. The highest BCUT2D eigenvalue weighted by Gasteiger charge is 2.28. The molecule has 4 heteroatoms. The van der Waals surface area contributed by atoms with Gasteiger partial charge in [-0.15, -0.1) is 0 Å². The van der Waals surface area contributed by atoms with Gasteiger partial charge in [0.05, 0.1) is 0 Å². The molecule has 0 aliphatic carbocycles. The minimum atomic E-state index is -0.479. The molecule has 1 aliphatic rings. The SMILES string of the molecule is O=C(NCc1ccc(F)cc1)C1Cc2ccccc2O1. The number of fused-ring (bicyclic) bond motifs is 1. The van der Waals surface area contributed by atoms with Gasteiger partial charge < -0.3 is 10.1 Å². The van der Waals surface area contributed by atoms with E-state index in [4.69, 9.17) is 4.74 Å². The van der Waals surface area contributed by atoms with Gasteiger partial charge in [-0.05, 0) is 29.3 Å². The Kier molecular flexibility index (Phi) is 3.37. The van der Waals surface area contributed by atoms with Crippen molar-refractivity contribution in [1.82, 2.24) is 5.32 Å². The molecule has 0 fully saturated rings. The average Bonchev–Trinajstić information content (AvgIpc) is 2.90. The molecule has 0 saturated heterocycles. The van der Waals surface area contributed by atoms with Crippen molar-refractivity contribution in [3.8, 4) is 5.75 Å². The van der Waals surface area contributed by atoms with E-state index in [1.54, 1.807) is 12.1 Å². The lowest BCUT2D eigenvalue weighted by Gasteiger charge is -2.11. The Morgan fingerprint density at radius 3 is 2.70 bits per heavy atom. The molecule has 0 bridgehead atoms. The largest absolute Gasteiger partial charge is 0.480 e. The van der Waals surface area contributed by atoms with Crippen LogP contribution in [-0.4, -0.2) is 12.0 Å². The summed E-state index contributed by atoms with van der Waals surface area (Å²) in [6.07, 6.45) is 0.110. The molecule has 0 aromatic heterocycles. The Balaban J connectivity index is 1.57. The van der Waals surface area contributed by atoms with Gasteiger partial charge in [0.25, 0.3) is 5.91 Å². The normalized spacial score (nSPS) is 16.4. The van der Waals surface area contributed by atoms with E-state index in [1.807, 2.05) is 24.3 Å². The predicted octanol–water partition coefficient (Wildman–Crippen LogP) is 2.45. The maximum Gasteiger partial charge on any atom is 0.261 e. The summed E-state index contributed by atoms with van der Waals surface area (Å²) in [6, 6.07) is 13.7. The molecule has 1 aliphatic heterocycles. The summed E-state index contributed by atoms with van der Waals surface area (Å²) < 4.78 is 18.4. The first-order chi connectivity index (χ1) is 9.72. The van der Waals surface area contributed by atoms with Crippen LogP contribution in [0.15, 0.2) is 48.5 Å². The van der Waals surface area contributed by atoms with Gasteiger partial charge in [0, 0.05) is 13.0 Å². The Hall–Kier alpha value is -2.36. The Morgan fingerprint density at radius 1 is 1.20 bits per heavy atom. The summed E-state index contributed by atoms with van der Waals surface area (Å²) >= 11 is 0. The van der Waals surface area contributed by atoms with Gasteiger partial charge >= 0.3 is 0 Å². The third-order valence-electron chi connectivity index (χ3n) is 3.32. The van der Waals surface area contributed by atoms with E-state index in [2.05, 4.69) is 5.32 Å². The van der Waals surface area contributed by atoms with Crippen molar-refractivity contribution in [2.75, 3.05) is 0 Å². The maximum absolute atomic E-state index is 12.8. The van der Waals surface area contributed by atoms with Gasteiger partial charge in [-0.2, -0.15) is 0 Å². The van der Waals surface area contributed by atoms with E-state index in [9.17, 15) is 9.18 Å². The van der Waals surface area contributed by atoms with Crippen LogP contribution in [0.5, 0.6) is 5.75 Å². The van der Waals surface area contributed by atoms with Crippen LogP contribution in [0.25, 0.3) is 0 Å². The number of benzene rings is 2. The fourth-order valence-corrected chi connectivity index (χ4v) is 2.23. The number of halogens is 1. The fourth-order valence-electron chi connectivity index (χ4n) is 2.23. The van der Waals surface area contributed by atoms with Crippen molar-refractivity contribution < 1.29 is 13.9 Å². The van der Waals surface area contributed by atoms with Crippen LogP contribution in [0.1, 0.15) is 11.1 Å². The molecule has 1 N–H and O–H groups in total. The molecule has 0 saturated carbocycles. The number of nitrogens with one attached hydrogen (secondary N) is 1. The summed E-state index contributed by atoms with van der Waals surface area (Å²) in [5.74, 6) is 0.342. The van der Waals surface area contributed by atoms with E-state index < -0.39 is 6.10 Å². The molecule has 1 atom stereocenters. The van der Waals surface area contributed by atoms with Crippen molar-refractivity contribution in [2.45, 2.75) is 19.1 Å². The summed E-state index contributed by atoms with van der Waals surface area (Å²) in [5.41, 5.74) is 1.91. The third-order valence-corrected chi connectivity index (χ3v) is 3.32. The molecular formula is C16H14FNO2. The zero-order valence-electron chi connectivity index (χ0n) is 10.8. The van der Waals surface area contributed by atoms with Crippen molar-refractivity contribution in [2.24, 2.45) is 0 Å². The number of ether oxygens (including phenoxy) is 1. The van der Waals surface area contributed by atoms with E-state index >= 15 is 0 Å². The molecule has 1 unspecified atom stereocenters. The molecular weight excluding hydrogens is 257 g/mol. The lowest BCUT2D eigenvalue weighted by Crippen LogP contribution is -2.37. The minimum absolute atomic E-state index is 0.148. The number of para-hydroxylation sites is 1. The predicted molar refractivity (Wildman–Crippen MR) is 72.8 cm³/mol. The first-order valence-electron chi connectivity index (χ1n) is 6.49. The zero-order chi connectivity index (χ0) is 13.9. The van der Waals surface area contributed by atoms with Crippen LogP contribution in [0, 0.1) is 5.82 Å². The number of hydrogen-bond donors (Lipinski definition) is 1. The first-order valence-corrected chi connectivity index (χ1v) is 6.49. The van der Waals surface area contributed by atoms with Crippen LogP contribution >= 0.6 is 0 Å². The van der Waals surface area contributed by atoms with Crippen LogP contribution < -0.4 is 10.1 Å². The van der Waals surface area contributed by atoms with Crippen molar-refractivity contribution in [1.29, 1.82) is 0 Å². The second kappa shape index (κ2) is 5.33. The summed E-state index contributed by atoms with van der Waals surface area (Å²) in [4.78, 5) is 12.0. The van der Waals surface area contributed by atoms with Crippen molar-refractivity contribution in [3.05, 3.63) is 65.5 Å². The first kappa shape index (κ1) is 12.7. The van der Waals surface area contributed by atoms with Crippen molar-refractivity contribution in [3.63, 3.8) is 0 Å². The smallest absolute Gasteiger partial charge is 0.261 e. The molecule has 1 amide bonds. The molecule has 102 valence electrons. The van der Waals surface area contributed by atoms with Crippen LogP contribution in [0.4, 0.5) is 4.39 Å². The Labute approximate surface area is 116 Å². The summed E-state index contributed by atoms with van der Waals surface area (Å²) in [7, 11) is 0. The molecule has 3 rings (SSSR count). The lowest BCUT2D eigenvalue weighted by molar-refractivity contribution is -0.127. The Bertz CT molecular complexity index is 600. The van der Waals surface area contributed by atoms with Gasteiger partial charge in [0.1, 0.15) is 11.6 Å². The Morgan fingerprint density at radius 2 is 1.95 bits per heavy atom. The van der Waals surface area contributed by atoms with Gasteiger partial charge in [0.2, 0.25) is 0 Å². The van der Waals surface area contributed by atoms with Crippen LogP contribution in [-0.2, 0) is 17.8 Å². The average molecular weight is 271 g/mol. The molecule has 0 spiro atoms. The highest BCUT2D eigenvalue weighted by Crippen LogP contribution is 2.28. The lowest BCUT2D eigenvalue weighted by atomic mass is 10.1. The van der Waals surface area contributed by atoms with E-state index in [0.29, 0.717) is 13.0 Å². The molecule has 2 aromatic rings. The standard InChI is InChI=1S/C16H14FNO2/c17-13-7-5-11(6-8-13)10-18-16(19)15-9-12-3-1-2-4-14(12)20-15/h1-8,15H,9-10H2,(H,18,19). The van der Waals surface area contributed by atoms with Crippen LogP contribution in [0.2, 0.25) is 0 Å². The van der Waals surface area contributed by atoms with Gasteiger partial charge in [-0.3, -0.25) is 4.79 Å². The van der Waals surface area contributed by atoms with Crippen LogP contribution in [0.3, 0.4) is 0 Å². The second-order valence-electron chi connectivity index (χ2n) is 4.76. The minimum Gasteiger partial charge on any atom is -0.480 e. The molecule has 3 nitrogen and oxygen atoms in total.